The minimum Gasteiger partial charge on any atom is -0.497 e. The van der Waals surface area contributed by atoms with E-state index in [4.69, 9.17) is 14.2 Å². The molecule has 1 aromatic heterocycles. The molecule has 33 heavy (non-hydrogen) atoms. The van der Waals surface area contributed by atoms with E-state index in [2.05, 4.69) is 17.4 Å². The van der Waals surface area contributed by atoms with Crippen molar-refractivity contribution in [3.63, 3.8) is 0 Å². The molecule has 2 heterocycles. The molecule has 1 N–H and O–H groups in total. The minimum absolute atomic E-state index is 0.104. The van der Waals surface area contributed by atoms with Gasteiger partial charge in [0.2, 0.25) is 5.82 Å². The van der Waals surface area contributed by atoms with Crippen molar-refractivity contribution in [1.82, 2.24) is 20.4 Å². The lowest BCUT2D eigenvalue weighted by Crippen LogP contribution is -2.46. The molecular formula is C26H30N4O3. The van der Waals surface area contributed by atoms with Crippen LogP contribution in [0.3, 0.4) is 0 Å². The van der Waals surface area contributed by atoms with Crippen LogP contribution in [-0.2, 0) is 0 Å². The fourth-order valence-corrected chi connectivity index (χ4v) is 4.05. The van der Waals surface area contributed by atoms with Gasteiger partial charge in [-0.1, -0.05) is 54.8 Å². The van der Waals surface area contributed by atoms with Gasteiger partial charge in [0.05, 0.1) is 18.7 Å². The molecule has 0 bridgehead atoms. The van der Waals surface area contributed by atoms with Gasteiger partial charge in [-0.3, -0.25) is 4.90 Å². The van der Waals surface area contributed by atoms with E-state index in [0.29, 0.717) is 18.3 Å². The predicted molar refractivity (Wildman–Crippen MR) is 128 cm³/mol. The van der Waals surface area contributed by atoms with E-state index < -0.39 is 0 Å². The summed E-state index contributed by atoms with van der Waals surface area (Å²) in [5, 5.41) is 7.38. The number of methoxy groups -OCH3 is 1. The van der Waals surface area contributed by atoms with E-state index in [0.717, 1.165) is 53.0 Å². The van der Waals surface area contributed by atoms with Crippen LogP contribution >= 0.6 is 0 Å². The molecule has 0 fully saturated rings. The standard InChI is InChI=1S/C26H30N4O3/c1-5-6-7-16-30-18(3)22(23(27-26(30)31)19-10-8-17(2)9-11-19)25-28-24(29-33-25)20-12-14-21(32-4)15-13-20/h8-15,23H,5-7,16H2,1-4H3,(H,27,31). The zero-order valence-corrected chi connectivity index (χ0v) is 19.6. The highest BCUT2D eigenvalue weighted by molar-refractivity contribution is 5.86. The predicted octanol–water partition coefficient (Wildman–Crippen LogP) is 5.74. The quantitative estimate of drug-likeness (QED) is 0.446. The van der Waals surface area contributed by atoms with Crippen molar-refractivity contribution in [2.45, 2.75) is 46.1 Å². The molecule has 1 aliphatic rings. The number of nitrogens with zero attached hydrogens (tertiary/aromatic N) is 3. The summed E-state index contributed by atoms with van der Waals surface area (Å²) in [6.45, 7) is 6.80. The Morgan fingerprint density at radius 2 is 1.79 bits per heavy atom. The summed E-state index contributed by atoms with van der Waals surface area (Å²) in [7, 11) is 1.63. The summed E-state index contributed by atoms with van der Waals surface area (Å²) in [5.41, 5.74) is 4.62. The Bertz CT molecular complexity index is 1130. The van der Waals surface area contributed by atoms with Gasteiger partial charge in [-0.15, -0.1) is 0 Å². The van der Waals surface area contributed by atoms with Crippen molar-refractivity contribution in [2.75, 3.05) is 13.7 Å². The average molecular weight is 447 g/mol. The Balaban J connectivity index is 1.74. The second-order valence-electron chi connectivity index (χ2n) is 8.30. The van der Waals surface area contributed by atoms with Gasteiger partial charge >= 0.3 is 6.03 Å². The topological polar surface area (TPSA) is 80.5 Å². The number of aromatic nitrogens is 2. The Morgan fingerprint density at radius 3 is 2.45 bits per heavy atom. The number of aryl methyl sites for hydroxylation is 1. The lowest BCUT2D eigenvalue weighted by molar-refractivity contribution is 0.204. The van der Waals surface area contributed by atoms with E-state index >= 15 is 0 Å². The largest absolute Gasteiger partial charge is 0.497 e. The first kappa shape index (κ1) is 22.6. The number of hydrogen-bond acceptors (Lipinski definition) is 5. The first-order valence-corrected chi connectivity index (χ1v) is 11.4. The molecule has 1 atom stereocenters. The maximum atomic E-state index is 13.0. The van der Waals surface area contributed by atoms with Gasteiger partial charge < -0.3 is 14.6 Å². The Labute approximate surface area is 194 Å². The monoisotopic (exact) mass is 446 g/mol. The Hall–Kier alpha value is -3.61. The Morgan fingerprint density at radius 1 is 1.06 bits per heavy atom. The van der Waals surface area contributed by atoms with E-state index in [1.165, 1.54) is 0 Å². The molecule has 1 unspecified atom stereocenters. The van der Waals surface area contributed by atoms with E-state index in [9.17, 15) is 4.79 Å². The molecule has 7 heteroatoms. The zero-order valence-electron chi connectivity index (χ0n) is 19.6. The van der Waals surface area contributed by atoms with Crippen molar-refractivity contribution in [3.8, 4) is 17.1 Å². The van der Waals surface area contributed by atoms with Crippen molar-refractivity contribution >= 4 is 11.6 Å². The highest BCUT2D eigenvalue weighted by atomic mass is 16.5. The molecule has 7 nitrogen and oxygen atoms in total. The fraction of sp³-hybridized carbons (Fsp3) is 0.346. The summed E-state index contributed by atoms with van der Waals surface area (Å²) in [5.74, 6) is 1.66. The molecule has 0 saturated heterocycles. The molecule has 0 aliphatic carbocycles. The number of rotatable bonds is 8. The molecule has 3 aromatic rings. The molecule has 2 amide bonds. The first-order chi connectivity index (χ1) is 16.0. The van der Waals surface area contributed by atoms with Crippen molar-refractivity contribution in [3.05, 3.63) is 71.2 Å². The number of ether oxygens (including phenoxy) is 1. The number of benzene rings is 2. The second-order valence-corrected chi connectivity index (χ2v) is 8.30. The molecule has 172 valence electrons. The molecule has 4 rings (SSSR count). The number of urea groups is 1. The van der Waals surface area contributed by atoms with Gasteiger partial charge in [-0.05, 0) is 50.1 Å². The van der Waals surface area contributed by atoms with Crippen molar-refractivity contribution in [2.24, 2.45) is 0 Å². The van der Waals surface area contributed by atoms with Crippen molar-refractivity contribution in [1.29, 1.82) is 0 Å². The second kappa shape index (κ2) is 9.90. The van der Waals surface area contributed by atoms with Crippen LogP contribution in [0.2, 0.25) is 0 Å². The minimum atomic E-state index is -0.371. The third-order valence-electron chi connectivity index (χ3n) is 6.00. The molecule has 1 aliphatic heterocycles. The average Bonchev–Trinajstić information content (AvgIpc) is 3.31. The number of unbranched alkanes of at least 4 members (excludes halogenated alkanes) is 2. The molecular weight excluding hydrogens is 416 g/mol. The summed E-state index contributed by atoms with van der Waals surface area (Å²) < 4.78 is 11.0. The van der Waals surface area contributed by atoms with Gasteiger partial charge in [-0.25, -0.2) is 4.79 Å². The number of carbonyl (C=O) groups excluding carboxylic acids is 1. The van der Waals surface area contributed by atoms with Crippen molar-refractivity contribution < 1.29 is 14.1 Å². The van der Waals surface area contributed by atoms with Gasteiger partial charge in [0.15, 0.2) is 0 Å². The highest BCUT2D eigenvalue weighted by Crippen LogP contribution is 2.37. The third kappa shape index (κ3) is 4.77. The van der Waals surface area contributed by atoms with Crippen LogP contribution in [0.25, 0.3) is 17.0 Å². The maximum absolute atomic E-state index is 13.0. The molecule has 2 aromatic carbocycles. The fourth-order valence-electron chi connectivity index (χ4n) is 4.05. The van der Waals surface area contributed by atoms with Gasteiger partial charge in [0.1, 0.15) is 5.75 Å². The van der Waals surface area contributed by atoms with Crippen LogP contribution < -0.4 is 10.1 Å². The smallest absolute Gasteiger partial charge is 0.322 e. The lowest BCUT2D eigenvalue weighted by atomic mass is 9.94. The molecule has 0 spiro atoms. The third-order valence-corrected chi connectivity index (χ3v) is 6.00. The lowest BCUT2D eigenvalue weighted by Gasteiger charge is -2.35. The summed E-state index contributed by atoms with van der Waals surface area (Å²) in [6, 6.07) is 15.2. The number of nitrogens with one attached hydrogen (secondary N) is 1. The summed E-state index contributed by atoms with van der Waals surface area (Å²) >= 11 is 0. The molecule has 0 saturated carbocycles. The van der Waals surface area contributed by atoms with E-state index in [-0.39, 0.29) is 12.1 Å². The summed E-state index contributed by atoms with van der Waals surface area (Å²) in [4.78, 5) is 19.5. The number of carbonyl (C=O) groups is 1. The Kier molecular flexibility index (Phi) is 6.77. The van der Waals surface area contributed by atoms with Crippen LogP contribution in [0.5, 0.6) is 5.75 Å². The number of hydrogen-bond donors (Lipinski definition) is 1. The van der Waals surface area contributed by atoms with Crippen LogP contribution in [0.4, 0.5) is 4.79 Å². The maximum Gasteiger partial charge on any atom is 0.322 e. The van der Waals surface area contributed by atoms with Gasteiger partial charge in [0, 0.05) is 17.8 Å². The first-order valence-electron chi connectivity index (χ1n) is 11.4. The summed E-state index contributed by atoms with van der Waals surface area (Å²) in [6.07, 6.45) is 3.09. The van der Waals surface area contributed by atoms with Gasteiger partial charge in [0.25, 0.3) is 5.89 Å². The zero-order chi connectivity index (χ0) is 23.4. The van der Waals surface area contributed by atoms with Crippen LogP contribution in [0.15, 0.2) is 58.8 Å². The van der Waals surface area contributed by atoms with Crippen LogP contribution in [-0.4, -0.2) is 34.7 Å². The van der Waals surface area contributed by atoms with Gasteiger partial charge in [-0.2, -0.15) is 4.98 Å². The van der Waals surface area contributed by atoms with Crippen LogP contribution in [0.1, 0.15) is 56.2 Å². The van der Waals surface area contributed by atoms with E-state index in [1.54, 1.807) is 12.0 Å². The normalized spacial score (nSPS) is 16.2. The van der Waals surface area contributed by atoms with Crippen LogP contribution in [0, 0.1) is 6.92 Å². The molecule has 0 radical (unpaired) electrons. The highest BCUT2D eigenvalue weighted by Gasteiger charge is 2.35. The SMILES string of the molecule is CCCCCN1C(=O)NC(c2ccc(C)cc2)C(c2nc(-c3ccc(OC)cc3)no2)=C1C. The van der Waals surface area contributed by atoms with E-state index in [1.807, 2.05) is 62.4 Å². The number of amides is 2. The number of allylic oxidation sites excluding steroid dienone is 1.